The number of amides is 2. The summed E-state index contributed by atoms with van der Waals surface area (Å²) in [5, 5.41) is 5.05. The molecule has 1 aromatic carbocycles. The van der Waals surface area contributed by atoms with Gasteiger partial charge in [0.25, 0.3) is 11.8 Å². The van der Waals surface area contributed by atoms with Gasteiger partial charge in [0, 0.05) is 0 Å². The molecule has 8 heteroatoms. The summed E-state index contributed by atoms with van der Waals surface area (Å²) in [6.07, 6.45) is 0. The van der Waals surface area contributed by atoms with Crippen LogP contribution in [-0.2, 0) is 9.59 Å². The molecular formula is C11H7FN4O2S. The van der Waals surface area contributed by atoms with Crippen molar-refractivity contribution in [2.24, 2.45) is 15.8 Å². The zero-order chi connectivity index (χ0) is 13.6. The Morgan fingerprint density at radius 1 is 1.37 bits per heavy atom. The van der Waals surface area contributed by atoms with Crippen LogP contribution in [0, 0.1) is 5.82 Å². The second-order valence-electron chi connectivity index (χ2n) is 3.91. The number of hydrogen-bond donors (Lipinski definition) is 1. The van der Waals surface area contributed by atoms with Crippen molar-refractivity contribution in [1.82, 2.24) is 5.01 Å². The van der Waals surface area contributed by atoms with Gasteiger partial charge in [0.2, 0.25) is 5.17 Å². The summed E-state index contributed by atoms with van der Waals surface area (Å²) in [5.74, 6) is -2.91. The minimum atomic E-state index is -1.17. The monoisotopic (exact) mass is 278 g/mol. The highest BCUT2D eigenvalue weighted by molar-refractivity contribution is 8.26. The molecule has 0 bridgehead atoms. The number of rotatable bonds is 1. The fourth-order valence-corrected chi connectivity index (χ4v) is 2.53. The van der Waals surface area contributed by atoms with Gasteiger partial charge in [-0.3, -0.25) is 9.59 Å². The van der Waals surface area contributed by atoms with Crippen LogP contribution in [-0.4, -0.2) is 27.2 Å². The normalized spacial score (nSPS) is 22.2. The number of hydrazone groups is 1. The maximum atomic E-state index is 13.2. The third-order valence-electron chi connectivity index (χ3n) is 2.67. The fourth-order valence-electron chi connectivity index (χ4n) is 1.87. The number of hydrogen-bond acceptors (Lipinski definition) is 5. The van der Waals surface area contributed by atoms with Crippen molar-refractivity contribution in [3.05, 3.63) is 35.6 Å². The van der Waals surface area contributed by atoms with E-state index in [4.69, 9.17) is 5.73 Å². The van der Waals surface area contributed by atoms with Gasteiger partial charge in [0.1, 0.15) is 11.7 Å². The van der Waals surface area contributed by atoms with Gasteiger partial charge < -0.3 is 5.73 Å². The van der Waals surface area contributed by atoms with Crippen LogP contribution in [0.5, 0.6) is 0 Å². The summed E-state index contributed by atoms with van der Waals surface area (Å²) in [5.41, 5.74) is 5.73. The first-order valence-electron chi connectivity index (χ1n) is 5.30. The number of carbonyl (C=O) groups excluding carboxylic acids is 2. The van der Waals surface area contributed by atoms with E-state index in [1.54, 1.807) is 0 Å². The molecule has 0 aromatic heterocycles. The summed E-state index contributed by atoms with van der Waals surface area (Å²) < 4.78 is 13.2. The Morgan fingerprint density at radius 2 is 2.16 bits per heavy atom. The summed E-state index contributed by atoms with van der Waals surface area (Å²) in [6, 6.07) is 5.30. The van der Waals surface area contributed by atoms with Crippen molar-refractivity contribution in [2.45, 2.75) is 5.92 Å². The second-order valence-corrected chi connectivity index (χ2v) is 4.90. The Bertz CT molecular complexity index is 658. The predicted octanol–water partition coefficient (Wildman–Crippen LogP) is 0.611. The van der Waals surface area contributed by atoms with Crippen molar-refractivity contribution in [1.29, 1.82) is 0 Å². The summed E-state index contributed by atoms with van der Waals surface area (Å²) in [6.45, 7) is 0. The first-order valence-corrected chi connectivity index (χ1v) is 6.12. The lowest BCUT2D eigenvalue weighted by atomic mass is 9.96. The SMILES string of the molecule is NC1=NN2C(=O)C(c3cccc(F)c3)C(=O)N=C2S1. The molecule has 2 heterocycles. The lowest BCUT2D eigenvalue weighted by molar-refractivity contribution is -0.135. The van der Waals surface area contributed by atoms with Crippen molar-refractivity contribution >= 4 is 33.9 Å². The third-order valence-corrected chi connectivity index (χ3v) is 3.40. The average Bonchev–Trinajstić information content (AvgIpc) is 2.70. The Labute approximate surface area is 111 Å². The van der Waals surface area contributed by atoms with Gasteiger partial charge in [-0.25, -0.2) is 4.39 Å². The Balaban J connectivity index is 2.04. The molecule has 1 aromatic rings. The number of thioether (sulfide) groups is 1. The number of benzene rings is 1. The van der Waals surface area contributed by atoms with Crippen molar-refractivity contribution < 1.29 is 14.0 Å². The molecule has 2 N–H and O–H groups in total. The molecule has 0 saturated heterocycles. The minimum Gasteiger partial charge on any atom is -0.376 e. The number of carbonyl (C=O) groups is 2. The highest BCUT2D eigenvalue weighted by Gasteiger charge is 2.42. The van der Waals surface area contributed by atoms with E-state index >= 15 is 0 Å². The molecule has 0 fully saturated rings. The van der Waals surface area contributed by atoms with Crippen LogP contribution in [0.1, 0.15) is 11.5 Å². The Morgan fingerprint density at radius 3 is 2.89 bits per heavy atom. The first-order chi connectivity index (χ1) is 9.06. The molecule has 19 heavy (non-hydrogen) atoms. The average molecular weight is 278 g/mol. The second kappa shape index (κ2) is 4.16. The summed E-state index contributed by atoms with van der Waals surface area (Å²) >= 11 is 0.945. The van der Waals surface area contributed by atoms with Crippen LogP contribution in [0.4, 0.5) is 4.39 Å². The molecule has 1 unspecified atom stereocenters. The van der Waals surface area contributed by atoms with E-state index in [1.807, 2.05) is 0 Å². The maximum Gasteiger partial charge on any atom is 0.266 e. The molecule has 2 aliphatic rings. The van der Waals surface area contributed by atoms with E-state index in [9.17, 15) is 14.0 Å². The summed E-state index contributed by atoms with van der Waals surface area (Å²) in [4.78, 5) is 27.9. The molecule has 2 amide bonds. The van der Waals surface area contributed by atoms with Crippen molar-refractivity contribution in [3.8, 4) is 0 Å². The molecule has 96 valence electrons. The van der Waals surface area contributed by atoms with Crippen molar-refractivity contribution in [2.75, 3.05) is 0 Å². The van der Waals surface area contributed by atoms with Gasteiger partial charge in [-0.1, -0.05) is 12.1 Å². The van der Waals surface area contributed by atoms with Gasteiger partial charge in [-0.05, 0) is 29.5 Å². The van der Waals surface area contributed by atoms with E-state index in [0.717, 1.165) is 22.8 Å². The van der Waals surface area contributed by atoms with Crippen LogP contribution in [0.2, 0.25) is 0 Å². The Kier molecular flexibility index (Phi) is 2.59. The van der Waals surface area contributed by atoms with E-state index in [-0.39, 0.29) is 15.9 Å². The molecule has 0 aliphatic carbocycles. The summed E-state index contributed by atoms with van der Waals surface area (Å²) in [7, 11) is 0. The molecule has 6 nitrogen and oxygen atoms in total. The largest absolute Gasteiger partial charge is 0.376 e. The van der Waals surface area contributed by atoms with Crippen LogP contribution in [0.25, 0.3) is 0 Å². The zero-order valence-electron chi connectivity index (χ0n) is 9.41. The van der Waals surface area contributed by atoms with Crippen molar-refractivity contribution in [3.63, 3.8) is 0 Å². The van der Waals surface area contributed by atoms with E-state index < -0.39 is 23.5 Å². The molecule has 0 spiro atoms. The highest BCUT2D eigenvalue weighted by Crippen LogP contribution is 2.30. The first kappa shape index (κ1) is 11.8. The maximum absolute atomic E-state index is 13.2. The van der Waals surface area contributed by atoms with Gasteiger partial charge in [0.15, 0.2) is 5.17 Å². The zero-order valence-corrected chi connectivity index (χ0v) is 10.2. The van der Waals surface area contributed by atoms with E-state index in [1.165, 1.54) is 18.2 Å². The molecule has 0 radical (unpaired) electrons. The van der Waals surface area contributed by atoms with E-state index in [0.29, 0.717) is 0 Å². The molecule has 0 saturated carbocycles. The fraction of sp³-hybridized carbons (Fsp3) is 0.0909. The Hall–Kier alpha value is -2.22. The standard InChI is InChI=1S/C11H7FN4O2S/c12-6-3-1-2-5(4-6)7-8(17)14-11-16(9(7)18)15-10(13)19-11/h1-4,7H,(H2,13,15). The van der Waals surface area contributed by atoms with Gasteiger partial charge in [-0.15, -0.1) is 5.10 Å². The minimum absolute atomic E-state index is 0.139. The predicted molar refractivity (Wildman–Crippen MR) is 67.6 cm³/mol. The smallest absolute Gasteiger partial charge is 0.266 e. The quantitative estimate of drug-likeness (QED) is 0.762. The number of fused-ring (bicyclic) bond motifs is 1. The highest BCUT2D eigenvalue weighted by atomic mass is 32.2. The number of nitrogens with two attached hydrogens (primary N) is 1. The number of aliphatic imine (C=N–C) groups is 1. The lowest BCUT2D eigenvalue weighted by Gasteiger charge is -2.22. The van der Waals surface area contributed by atoms with E-state index in [2.05, 4.69) is 10.1 Å². The number of halogens is 1. The van der Waals surface area contributed by atoms with Crippen LogP contribution < -0.4 is 5.73 Å². The van der Waals surface area contributed by atoms with Gasteiger partial charge in [-0.2, -0.15) is 10.0 Å². The van der Waals surface area contributed by atoms with Gasteiger partial charge >= 0.3 is 0 Å². The van der Waals surface area contributed by atoms with Gasteiger partial charge in [0.05, 0.1) is 0 Å². The molecule has 1 atom stereocenters. The molecular weight excluding hydrogens is 271 g/mol. The third kappa shape index (κ3) is 1.89. The van der Waals surface area contributed by atoms with Crippen LogP contribution >= 0.6 is 11.8 Å². The van der Waals surface area contributed by atoms with Crippen LogP contribution in [0.15, 0.2) is 34.4 Å². The van der Waals surface area contributed by atoms with Crippen LogP contribution in [0.3, 0.4) is 0 Å². The molecule has 3 rings (SSSR count). The lowest BCUT2D eigenvalue weighted by Crippen LogP contribution is -2.40. The topological polar surface area (TPSA) is 88.1 Å². The molecule has 2 aliphatic heterocycles. The number of amidine groups is 2. The number of nitrogens with zero attached hydrogens (tertiary/aromatic N) is 3.